The molecule has 0 bridgehead atoms. The van der Waals surface area contributed by atoms with E-state index >= 15 is 0 Å². The second kappa shape index (κ2) is 29.3. The predicted octanol–water partition coefficient (Wildman–Crippen LogP) is 13.1. The summed E-state index contributed by atoms with van der Waals surface area (Å²) in [5.41, 5.74) is 0. The van der Waals surface area contributed by atoms with E-state index in [1.807, 2.05) is 0 Å². The second-order valence-electron chi connectivity index (χ2n) is 16.2. The standard InChI is InChI=1S/2C20H40O2/c2*1-16(2)9-6-10-17(3)11-7-12-18(4)13-8-14-19(5)15-20(21)22/h2*16-19H,6-15H2,1-5H3,(H,21,22). The van der Waals surface area contributed by atoms with Crippen molar-refractivity contribution in [3.05, 3.63) is 0 Å². The highest BCUT2D eigenvalue weighted by atomic mass is 16.4. The summed E-state index contributed by atoms with van der Waals surface area (Å²) in [7, 11) is 0. The summed E-state index contributed by atoms with van der Waals surface area (Å²) in [5.74, 6) is 4.35. The van der Waals surface area contributed by atoms with Gasteiger partial charge in [0.1, 0.15) is 0 Å². The number of hydrogen-bond acceptors (Lipinski definition) is 2. The topological polar surface area (TPSA) is 74.6 Å². The minimum atomic E-state index is -0.660. The lowest BCUT2D eigenvalue weighted by Crippen LogP contribution is -2.05. The van der Waals surface area contributed by atoms with Gasteiger partial charge in [0, 0.05) is 12.8 Å². The number of carboxylic acid groups (broad SMARTS) is 2. The molecule has 0 aliphatic rings. The first-order valence-electron chi connectivity index (χ1n) is 19.1. The smallest absolute Gasteiger partial charge is 0.303 e. The second-order valence-corrected chi connectivity index (χ2v) is 16.2. The first kappa shape index (κ1) is 45.1. The van der Waals surface area contributed by atoms with Gasteiger partial charge in [-0.25, -0.2) is 0 Å². The molecule has 6 atom stereocenters. The summed E-state index contributed by atoms with van der Waals surface area (Å²) in [6, 6.07) is 0. The normalized spacial score (nSPS) is 15.7. The molecule has 0 aromatic rings. The van der Waals surface area contributed by atoms with Gasteiger partial charge in [0.15, 0.2) is 0 Å². The lowest BCUT2D eigenvalue weighted by atomic mass is 9.91. The molecule has 0 rings (SSSR count). The van der Waals surface area contributed by atoms with Crippen LogP contribution < -0.4 is 0 Å². The Morgan fingerprint density at radius 2 is 0.523 bits per heavy atom. The quantitative estimate of drug-likeness (QED) is 0.0908. The minimum Gasteiger partial charge on any atom is -0.481 e. The molecule has 0 aliphatic carbocycles. The number of aliphatic carboxylic acids is 2. The third kappa shape index (κ3) is 35.4. The Balaban J connectivity index is 0. The lowest BCUT2D eigenvalue weighted by Gasteiger charge is -2.15. The van der Waals surface area contributed by atoms with Crippen molar-refractivity contribution >= 4 is 11.9 Å². The summed E-state index contributed by atoms with van der Waals surface area (Å²) < 4.78 is 0. The van der Waals surface area contributed by atoms with Gasteiger partial charge in [-0.05, 0) is 47.3 Å². The molecule has 0 heterocycles. The van der Waals surface area contributed by atoms with Crippen molar-refractivity contribution in [2.45, 2.75) is 198 Å². The molecule has 264 valence electrons. The predicted molar refractivity (Wildman–Crippen MR) is 192 cm³/mol. The summed E-state index contributed by atoms with van der Waals surface area (Å²) in [5, 5.41) is 17.5. The largest absolute Gasteiger partial charge is 0.481 e. The Bertz CT molecular complexity index is 602. The SMILES string of the molecule is CC(C)CCCC(C)CCCC(C)CCCC(C)CC(=O)O.CC(C)CCCC(C)CCCC(C)CCCC(C)CC(=O)O. The van der Waals surface area contributed by atoms with E-state index in [1.165, 1.54) is 103 Å². The molecule has 0 saturated carbocycles. The van der Waals surface area contributed by atoms with E-state index < -0.39 is 11.9 Å². The molecule has 0 spiro atoms. The van der Waals surface area contributed by atoms with E-state index in [1.54, 1.807) is 0 Å². The van der Waals surface area contributed by atoms with Crippen molar-refractivity contribution < 1.29 is 19.8 Å². The van der Waals surface area contributed by atoms with Crippen LogP contribution in [0.25, 0.3) is 0 Å². The monoisotopic (exact) mass is 625 g/mol. The van der Waals surface area contributed by atoms with Crippen LogP contribution in [-0.2, 0) is 9.59 Å². The van der Waals surface area contributed by atoms with E-state index in [-0.39, 0.29) is 0 Å². The zero-order valence-electron chi connectivity index (χ0n) is 31.5. The maximum atomic E-state index is 10.6. The van der Waals surface area contributed by atoms with Gasteiger partial charge in [-0.3, -0.25) is 9.59 Å². The lowest BCUT2D eigenvalue weighted by molar-refractivity contribution is -0.139. The minimum absolute atomic E-state index is 0.322. The third-order valence-corrected chi connectivity index (χ3v) is 9.58. The number of rotatable bonds is 28. The Labute approximate surface area is 276 Å². The highest BCUT2D eigenvalue weighted by Crippen LogP contribution is 2.24. The van der Waals surface area contributed by atoms with Crippen molar-refractivity contribution in [3.63, 3.8) is 0 Å². The Morgan fingerprint density at radius 1 is 0.341 bits per heavy atom. The van der Waals surface area contributed by atoms with E-state index in [0.717, 1.165) is 48.3 Å². The molecule has 0 radical (unpaired) electrons. The van der Waals surface area contributed by atoms with Crippen LogP contribution in [-0.4, -0.2) is 22.2 Å². The van der Waals surface area contributed by atoms with Gasteiger partial charge in [0.2, 0.25) is 0 Å². The van der Waals surface area contributed by atoms with Crippen LogP contribution in [0, 0.1) is 47.3 Å². The Hall–Kier alpha value is -1.06. The highest BCUT2D eigenvalue weighted by molar-refractivity contribution is 5.67. The first-order valence-corrected chi connectivity index (χ1v) is 19.1. The summed E-state index contributed by atoms with van der Waals surface area (Å²) in [6.45, 7) is 22.9. The molecule has 0 fully saturated rings. The number of carboxylic acids is 2. The fraction of sp³-hybridized carbons (Fsp3) is 0.950. The Morgan fingerprint density at radius 3 is 0.705 bits per heavy atom. The van der Waals surface area contributed by atoms with Gasteiger partial charge >= 0.3 is 11.9 Å². The molecule has 2 N–H and O–H groups in total. The van der Waals surface area contributed by atoms with Crippen LogP contribution in [0.5, 0.6) is 0 Å². The average Bonchev–Trinajstić information content (AvgIpc) is 2.87. The van der Waals surface area contributed by atoms with Gasteiger partial charge in [0.05, 0.1) is 0 Å². The van der Waals surface area contributed by atoms with E-state index in [2.05, 4.69) is 69.2 Å². The Kier molecular flexibility index (Phi) is 30.1. The van der Waals surface area contributed by atoms with Crippen LogP contribution in [0.4, 0.5) is 0 Å². The zero-order chi connectivity index (χ0) is 33.9. The fourth-order valence-electron chi connectivity index (χ4n) is 6.39. The van der Waals surface area contributed by atoms with Crippen molar-refractivity contribution in [3.8, 4) is 0 Å². The molecule has 0 aliphatic heterocycles. The first-order chi connectivity index (χ1) is 20.6. The molecule has 6 unspecified atom stereocenters. The molecule has 4 nitrogen and oxygen atoms in total. The molecular formula is C40H80O4. The van der Waals surface area contributed by atoms with Crippen LogP contribution in [0.3, 0.4) is 0 Å². The maximum absolute atomic E-state index is 10.6. The van der Waals surface area contributed by atoms with Crippen molar-refractivity contribution in [1.82, 2.24) is 0 Å². The van der Waals surface area contributed by atoms with Crippen LogP contribution in [0.1, 0.15) is 198 Å². The zero-order valence-corrected chi connectivity index (χ0v) is 31.5. The van der Waals surface area contributed by atoms with Crippen LogP contribution in [0.15, 0.2) is 0 Å². The maximum Gasteiger partial charge on any atom is 0.303 e. The van der Waals surface area contributed by atoms with Crippen LogP contribution >= 0.6 is 0 Å². The average molecular weight is 625 g/mol. The summed E-state index contributed by atoms with van der Waals surface area (Å²) in [6.07, 6.45) is 24.0. The number of carbonyl (C=O) groups is 2. The molecule has 0 saturated heterocycles. The molecule has 4 heteroatoms. The van der Waals surface area contributed by atoms with E-state index in [9.17, 15) is 9.59 Å². The molecule has 0 amide bonds. The summed E-state index contributed by atoms with van der Waals surface area (Å²) >= 11 is 0. The van der Waals surface area contributed by atoms with Crippen molar-refractivity contribution in [2.75, 3.05) is 0 Å². The van der Waals surface area contributed by atoms with Crippen molar-refractivity contribution in [1.29, 1.82) is 0 Å². The fourth-order valence-corrected chi connectivity index (χ4v) is 6.39. The van der Waals surface area contributed by atoms with Gasteiger partial charge in [-0.1, -0.05) is 185 Å². The summed E-state index contributed by atoms with van der Waals surface area (Å²) in [4.78, 5) is 21.2. The molecular weight excluding hydrogens is 544 g/mol. The number of hydrogen-bond donors (Lipinski definition) is 2. The third-order valence-electron chi connectivity index (χ3n) is 9.58. The molecule has 44 heavy (non-hydrogen) atoms. The van der Waals surface area contributed by atoms with E-state index in [4.69, 9.17) is 10.2 Å². The molecule has 0 aromatic carbocycles. The van der Waals surface area contributed by atoms with Gasteiger partial charge in [0.25, 0.3) is 0 Å². The molecule has 0 aromatic heterocycles. The van der Waals surface area contributed by atoms with Crippen LogP contribution in [0.2, 0.25) is 0 Å². The van der Waals surface area contributed by atoms with Gasteiger partial charge in [-0.15, -0.1) is 0 Å². The van der Waals surface area contributed by atoms with Gasteiger partial charge < -0.3 is 10.2 Å². The van der Waals surface area contributed by atoms with Gasteiger partial charge in [-0.2, -0.15) is 0 Å². The van der Waals surface area contributed by atoms with E-state index in [0.29, 0.717) is 24.7 Å². The highest BCUT2D eigenvalue weighted by Gasteiger charge is 2.11. The van der Waals surface area contributed by atoms with Crippen molar-refractivity contribution in [2.24, 2.45) is 47.3 Å².